The standard InChI is InChI=1S/C13H19FN2O2S2/c1-2-11-9-16(5-6-19-11)20(17,18)13-4-3-10(8-15)7-12(13)14/h3-4,7,11H,2,5-6,8-9,15H2,1H3. The molecule has 1 unspecified atom stereocenters. The summed E-state index contributed by atoms with van der Waals surface area (Å²) in [6.45, 7) is 3.10. The molecule has 1 aromatic rings. The lowest BCUT2D eigenvalue weighted by Gasteiger charge is -2.31. The van der Waals surface area contributed by atoms with Crippen molar-refractivity contribution < 1.29 is 12.8 Å². The Morgan fingerprint density at radius 2 is 2.25 bits per heavy atom. The molecule has 0 radical (unpaired) electrons. The van der Waals surface area contributed by atoms with E-state index in [0.29, 0.717) is 18.7 Å². The molecular formula is C13H19FN2O2S2. The second kappa shape index (κ2) is 6.43. The minimum Gasteiger partial charge on any atom is -0.326 e. The number of sulfonamides is 1. The van der Waals surface area contributed by atoms with E-state index in [1.165, 1.54) is 16.4 Å². The fraction of sp³-hybridized carbons (Fsp3) is 0.538. The molecule has 0 amide bonds. The van der Waals surface area contributed by atoms with Gasteiger partial charge in [-0.25, -0.2) is 12.8 Å². The lowest BCUT2D eigenvalue weighted by atomic mass is 10.2. The number of hydrogen-bond acceptors (Lipinski definition) is 4. The summed E-state index contributed by atoms with van der Waals surface area (Å²) in [6, 6.07) is 4.07. The van der Waals surface area contributed by atoms with Gasteiger partial charge in [-0.1, -0.05) is 13.0 Å². The maximum Gasteiger partial charge on any atom is 0.246 e. The number of rotatable bonds is 4. The molecule has 1 atom stereocenters. The summed E-state index contributed by atoms with van der Waals surface area (Å²) >= 11 is 1.77. The summed E-state index contributed by atoms with van der Waals surface area (Å²) < 4.78 is 40.4. The Morgan fingerprint density at radius 3 is 2.85 bits per heavy atom. The van der Waals surface area contributed by atoms with Crippen molar-refractivity contribution in [1.29, 1.82) is 0 Å². The van der Waals surface area contributed by atoms with E-state index in [-0.39, 0.29) is 16.7 Å². The van der Waals surface area contributed by atoms with Crippen LogP contribution in [0.15, 0.2) is 23.1 Å². The van der Waals surface area contributed by atoms with Crippen molar-refractivity contribution in [3.63, 3.8) is 0 Å². The predicted molar refractivity (Wildman–Crippen MR) is 79.6 cm³/mol. The molecule has 0 saturated carbocycles. The van der Waals surface area contributed by atoms with Gasteiger partial charge in [-0.2, -0.15) is 16.1 Å². The van der Waals surface area contributed by atoms with Crippen molar-refractivity contribution in [3.05, 3.63) is 29.6 Å². The Labute approximate surface area is 123 Å². The summed E-state index contributed by atoms with van der Waals surface area (Å²) in [5.74, 6) is 0.0273. The second-order valence-corrected chi connectivity index (χ2v) is 8.05. The van der Waals surface area contributed by atoms with Crippen LogP contribution < -0.4 is 5.73 Å². The smallest absolute Gasteiger partial charge is 0.246 e. The zero-order valence-electron chi connectivity index (χ0n) is 11.4. The lowest BCUT2D eigenvalue weighted by molar-refractivity contribution is 0.412. The Kier molecular flexibility index (Phi) is 5.06. The van der Waals surface area contributed by atoms with Gasteiger partial charge in [0.15, 0.2) is 0 Å². The van der Waals surface area contributed by atoms with E-state index in [4.69, 9.17) is 5.73 Å². The Hall–Kier alpha value is -0.630. The lowest BCUT2D eigenvalue weighted by Crippen LogP contribution is -2.41. The number of halogens is 1. The van der Waals surface area contributed by atoms with Crippen molar-refractivity contribution in [2.75, 3.05) is 18.8 Å². The molecule has 0 aliphatic carbocycles. The highest BCUT2D eigenvalue weighted by atomic mass is 32.2. The third-order valence-corrected chi connectivity index (χ3v) is 6.68. The van der Waals surface area contributed by atoms with Crippen LogP contribution in [0.2, 0.25) is 0 Å². The van der Waals surface area contributed by atoms with Crippen LogP contribution >= 0.6 is 11.8 Å². The van der Waals surface area contributed by atoms with Crippen molar-refractivity contribution in [1.82, 2.24) is 4.31 Å². The van der Waals surface area contributed by atoms with Crippen LogP contribution in [0.1, 0.15) is 18.9 Å². The van der Waals surface area contributed by atoms with Crippen molar-refractivity contribution in [3.8, 4) is 0 Å². The summed E-state index contributed by atoms with van der Waals surface area (Å²) in [5, 5.41) is 0.282. The molecule has 20 heavy (non-hydrogen) atoms. The van der Waals surface area contributed by atoms with Crippen molar-refractivity contribution in [2.24, 2.45) is 5.73 Å². The molecule has 2 rings (SSSR count). The average molecular weight is 318 g/mol. The first-order valence-corrected chi connectivity index (χ1v) is 9.08. The molecule has 1 saturated heterocycles. The molecule has 0 spiro atoms. The Bertz CT molecular complexity index is 578. The van der Waals surface area contributed by atoms with Gasteiger partial charge in [0.2, 0.25) is 10.0 Å². The maximum atomic E-state index is 14.0. The van der Waals surface area contributed by atoms with Gasteiger partial charge in [-0.05, 0) is 24.1 Å². The zero-order chi connectivity index (χ0) is 14.8. The third kappa shape index (κ3) is 3.16. The summed E-state index contributed by atoms with van der Waals surface area (Å²) in [5.41, 5.74) is 6.01. The molecule has 2 N–H and O–H groups in total. The van der Waals surface area contributed by atoms with Crippen LogP contribution in [0.4, 0.5) is 4.39 Å². The van der Waals surface area contributed by atoms with Gasteiger partial charge in [-0.3, -0.25) is 0 Å². The van der Waals surface area contributed by atoms with Gasteiger partial charge in [0.05, 0.1) is 0 Å². The number of thioether (sulfide) groups is 1. The van der Waals surface area contributed by atoms with Gasteiger partial charge < -0.3 is 5.73 Å². The van der Waals surface area contributed by atoms with Crippen molar-refractivity contribution in [2.45, 2.75) is 30.0 Å². The molecule has 1 aliphatic rings. The van der Waals surface area contributed by atoms with E-state index < -0.39 is 15.8 Å². The summed E-state index contributed by atoms with van der Waals surface area (Å²) in [4.78, 5) is -0.253. The largest absolute Gasteiger partial charge is 0.326 e. The number of hydrogen-bond donors (Lipinski definition) is 1. The molecule has 1 aliphatic heterocycles. The number of nitrogens with two attached hydrogens (primary N) is 1. The zero-order valence-corrected chi connectivity index (χ0v) is 13.0. The molecule has 1 heterocycles. The van der Waals surface area contributed by atoms with Crippen LogP contribution in [0.25, 0.3) is 0 Å². The molecule has 112 valence electrons. The molecule has 0 bridgehead atoms. The first kappa shape index (κ1) is 15.8. The van der Waals surface area contributed by atoms with E-state index in [2.05, 4.69) is 0 Å². The van der Waals surface area contributed by atoms with Crippen LogP contribution in [0, 0.1) is 5.82 Å². The van der Waals surface area contributed by atoms with Gasteiger partial charge in [0.1, 0.15) is 10.7 Å². The molecule has 1 aromatic carbocycles. The predicted octanol–water partition coefficient (Wildman–Crippen LogP) is 1.80. The number of nitrogens with zero attached hydrogens (tertiary/aromatic N) is 1. The van der Waals surface area contributed by atoms with Crippen LogP contribution in [0.3, 0.4) is 0 Å². The highest BCUT2D eigenvalue weighted by Crippen LogP contribution is 2.27. The van der Waals surface area contributed by atoms with E-state index in [0.717, 1.165) is 12.2 Å². The van der Waals surface area contributed by atoms with E-state index in [9.17, 15) is 12.8 Å². The summed E-state index contributed by atoms with van der Waals surface area (Å²) in [7, 11) is -3.76. The molecule has 1 fully saturated rings. The highest BCUT2D eigenvalue weighted by molar-refractivity contribution is 8.00. The Morgan fingerprint density at radius 1 is 1.50 bits per heavy atom. The number of benzene rings is 1. The van der Waals surface area contributed by atoms with Gasteiger partial charge in [0, 0.05) is 30.6 Å². The van der Waals surface area contributed by atoms with Gasteiger partial charge in [0.25, 0.3) is 0 Å². The summed E-state index contributed by atoms with van der Waals surface area (Å²) in [6.07, 6.45) is 0.908. The fourth-order valence-corrected chi connectivity index (χ4v) is 5.10. The SMILES string of the molecule is CCC1CN(S(=O)(=O)c2ccc(CN)cc2F)CCS1. The minimum absolute atomic E-state index is 0.190. The van der Waals surface area contributed by atoms with Gasteiger partial charge in [-0.15, -0.1) is 0 Å². The van der Waals surface area contributed by atoms with E-state index >= 15 is 0 Å². The molecule has 0 aromatic heterocycles. The van der Waals surface area contributed by atoms with Crippen LogP contribution in [-0.4, -0.2) is 36.8 Å². The average Bonchev–Trinajstić information content (AvgIpc) is 2.46. The quantitative estimate of drug-likeness (QED) is 0.919. The van der Waals surface area contributed by atoms with E-state index in [1.54, 1.807) is 17.8 Å². The first-order chi connectivity index (χ1) is 9.48. The highest BCUT2D eigenvalue weighted by Gasteiger charge is 2.31. The second-order valence-electron chi connectivity index (χ2n) is 4.73. The van der Waals surface area contributed by atoms with E-state index in [1.807, 2.05) is 6.92 Å². The molecular weight excluding hydrogens is 299 g/mol. The normalized spacial score (nSPS) is 21.1. The Balaban J connectivity index is 2.30. The van der Waals surface area contributed by atoms with Crippen LogP contribution in [-0.2, 0) is 16.6 Å². The van der Waals surface area contributed by atoms with Gasteiger partial charge >= 0.3 is 0 Å². The minimum atomic E-state index is -3.76. The molecule has 7 heteroatoms. The van der Waals surface area contributed by atoms with Crippen molar-refractivity contribution >= 4 is 21.8 Å². The van der Waals surface area contributed by atoms with Crippen LogP contribution in [0.5, 0.6) is 0 Å². The third-order valence-electron chi connectivity index (χ3n) is 3.41. The maximum absolute atomic E-state index is 14.0. The first-order valence-electron chi connectivity index (χ1n) is 6.59. The fourth-order valence-electron chi connectivity index (χ4n) is 2.18. The monoisotopic (exact) mass is 318 g/mol. The molecule has 4 nitrogen and oxygen atoms in total. The topological polar surface area (TPSA) is 63.4 Å².